The zero-order valence-corrected chi connectivity index (χ0v) is 17.4. The van der Waals surface area contributed by atoms with Crippen LogP contribution in [-0.2, 0) is 4.79 Å². The number of pyridine rings is 1. The number of benzene rings is 2. The number of carbonyl (C=O) groups is 1. The van der Waals surface area contributed by atoms with Crippen molar-refractivity contribution in [2.24, 2.45) is 0 Å². The maximum absolute atomic E-state index is 12.3. The minimum absolute atomic E-state index is 0.269. The smallest absolute Gasteiger partial charge is 0.262 e. The van der Waals surface area contributed by atoms with Gasteiger partial charge in [-0.25, -0.2) is 4.98 Å². The molecule has 0 bridgehead atoms. The highest BCUT2D eigenvalue weighted by molar-refractivity contribution is 6.40. The standard InChI is InChI=1S/C19H14Cl4N2O2/c1-9-3-6-12(20)18(16(9)23)25-15(26)8-27-19-14(22)7-13(21)11-5-4-10(2)24-17(11)19/h3-7H,8H2,1-2H3,(H,25,26). The molecule has 27 heavy (non-hydrogen) atoms. The van der Waals surface area contributed by atoms with Crippen LogP contribution in [0.4, 0.5) is 5.69 Å². The highest BCUT2D eigenvalue weighted by atomic mass is 35.5. The van der Waals surface area contributed by atoms with Crippen LogP contribution in [0.2, 0.25) is 20.1 Å². The Balaban J connectivity index is 1.84. The van der Waals surface area contributed by atoms with E-state index in [1.165, 1.54) is 0 Å². The highest BCUT2D eigenvalue weighted by Crippen LogP contribution is 2.37. The third kappa shape index (κ3) is 4.25. The number of anilines is 1. The Hall–Kier alpha value is -1.72. The van der Waals surface area contributed by atoms with Gasteiger partial charge in [0.25, 0.3) is 5.91 Å². The molecule has 4 nitrogen and oxygen atoms in total. The van der Waals surface area contributed by atoms with Crippen LogP contribution in [0.15, 0.2) is 30.3 Å². The molecule has 0 saturated carbocycles. The predicted octanol–water partition coefficient (Wildman–Crippen LogP) is 6.48. The molecule has 0 saturated heterocycles. The van der Waals surface area contributed by atoms with Crippen LogP contribution < -0.4 is 10.1 Å². The maximum atomic E-state index is 12.3. The van der Waals surface area contributed by atoms with E-state index in [0.29, 0.717) is 31.7 Å². The van der Waals surface area contributed by atoms with Crippen molar-refractivity contribution >= 4 is 68.9 Å². The third-order valence-corrected chi connectivity index (χ3v) is 5.27. The van der Waals surface area contributed by atoms with Crippen molar-refractivity contribution < 1.29 is 9.53 Å². The third-order valence-electron chi connectivity index (χ3n) is 3.87. The Morgan fingerprint density at radius 1 is 1.04 bits per heavy atom. The molecule has 2 aromatic carbocycles. The lowest BCUT2D eigenvalue weighted by molar-refractivity contribution is -0.118. The average molecular weight is 444 g/mol. The summed E-state index contributed by atoms with van der Waals surface area (Å²) in [4.78, 5) is 16.8. The molecule has 1 N–H and O–H groups in total. The first-order chi connectivity index (χ1) is 12.8. The number of amides is 1. The van der Waals surface area contributed by atoms with Gasteiger partial charge in [-0.3, -0.25) is 4.79 Å². The lowest BCUT2D eigenvalue weighted by atomic mass is 10.2. The largest absolute Gasteiger partial charge is 0.480 e. The minimum atomic E-state index is -0.434. The van der Waals surface area contributed by atoms with Gasteiger partial charge in [-0.05, 0) is 43.7 Å². The number of rotatable bonds is 4. The van der Waals surface area contributed by atoms with Crippen molar-refractivity contribution in [3.8, 4) is 5.75 Å². The quantitative estimate of drug-likeness (QED) is 0.501. The van der Waals surface area contributed by atoms with Crippen LogP contribution in [0.3, 0.4) is 0 Å². The van der Waals surface area contributed by atoms with Crippen molar-refractivity contribution in [2.45, 2.75) is 13.8 Å². The van der Waals surface area contributed by atoms with E-state index in [0.717, 1.165) is 11.3 Å². The van der Waals surface area contributed by atoms with E-state index in [2.05, 4.69) is 10.3 Å². The predicted molar refractivity (Wildman–Crippen MR) is 112 cm³/mol. The molecule has 1 aromatic heterocycles. The molecule has 0 aliphatic heterocycles. The second-order valence-electron chi connectivity index (χ2n) is 5.91. The fourth-order valence-electron chi connectivity index (χ4n) is 2.51. The number of halogens is 4. The van der Waals surface area contributed by atoms with E-state index in [1.54, 1.807) is 18.2 Å². The van der Waals surface area contributed by atoms with Gasteiger partial charge < -0.3 is 10.1 Å². The molecule has 0 fully saturated rings. The van der Waals surface area contributed by atoms with E-state index >= 15 is 0 Å². The molecule has 0 spiro atoms. The molecule has 140 valence electrons. The van der Waals surface area contributed by atoms with Gasteiger partial charge in [-0.1, -0.05) is 52.5 Å². The second-order valence-corrected chi connectivity index (χ2v) is 7.51. The van der Waals surface area contributed by atoms with Crippen LogP contribution in [-0.4, -0.2) is 17.5 Å². The van der Waals surface area contributed by atoms with Crippen LogP contribution >= 0.6 is 46.4 Å². The van der Waals surface area contributed by atoms with Gasteiger partial charge in [-0.2, -0.15) is 0 Å². The number of aromatic nitrogens is 1. The van der Waals surface area contributed by atoms with Gasteiger partial charge in [-0.15, -0.1) is 0 Å². The van der Waals surface area contributed by atoms with Crippen molar-refractivity contribution in [1.82, 2.24) is 4.98 Å². The Morgan fingerprint density at radius 3 is 2.52 bits per heavy atom. The number of hydrogen-bond acceptors (Lipinski definition) is 3. The fourth-order valence-corrected chi connectivity index (χ4v) is 3.55. The second kappa shape index (κ2) is 8.11. The topological polar surface area (TPSA) is 51.2 Å². The number of carbonyl (C=O) groups excluding carboxylic acids is 1. The van der Waals surface area contributed by atoms with Crippen LogP contribution in [0, 0.1) is 13.8 Å². The summed E-state index contributed by atoms with van der Waals surface area (Å²) in [6, 6.07) is 8.65. The SMILES string of the molecule is Cc1ccc2c(Cl)cc(Cl)c(OCC(=O)Nc3c(Cl)ccc(C)c3Cl)c2n1. The Morgan fingerprint density at radius 2 is 1.78 bits per heavy atom. The Labute approximate surface area is 176 Å². The summed E-state index contributed by atoms with van der Waals surface area (Å²) in [5.41, 5.74) is 2.40. The zero-order valence-electron chi connectivity index (χ0n) is 14.4. The van der Waals surface area contributed by atoms with Gasteiger partial charge in [0.2, 0.25) is 0 Å². The molecule has 0 atom stereocenters. The van der Waals surface area contributed by atoms with Crippen LogP contribution in [0.1, 0.15) is 11.3 Å². The molecule has 3 aromatic rings. The summed E-state index contributed by atoms with van der Waals surface area (Å²) in [5.74, 6) is -0.146. The molecular formula is C19H14Cl4N2O2. The van der Waals surface area contributed by atoms with Crippen molar-refractivity contribution in [2.75, 3.05) is 11.9 Å². The molecule has 3 rings (SSSR count). The Kier molecular flexibility index (Phi) is 6.02. The number of fused-ring (bicyclic) bond motifs is 1. The molecule has 0 unspecified atom stereocenters. The van der Waals surface area contributed by atoms with E-state index in [1.807, 2.05) is 26.0 Å². The summed E-state index contributed by atoms with van der Waals surface area (Å²) in [6.45, 7) is 3.36. The van der Waals surface area contributed by atoms with Crippen molar-refractivity contribution in [1.29, 1.82) is 0 Å². The van der Waals surface area contributed by atoms with E-state index in [4.69, 9.17) is 51.1 Å². The first kappa shape index (κ1) is 20.0. The maximum Gasteiger partial charge on any atom is 0.262 e. The summed E-state index contributed by atoms with van der Waals surface area (Å²) < 4.78 is 5.65. The summed E-state index contributed by atoms with van der Waals surface area (Å²) >= 11 is 24.8. The molecule has 1 heterocycles. The first-order valence-corrected chi connectivity index (χ1v) is 9.41. The number of nitrogens with zero attached hydrogens (tertiary/aromatic N) is 1. The van der Waals surface area contributed by atoms with E-state index < -0.39 is 5.91 Å². The lowest BCUT2D eigenvalue weighted by Gasteiger charge is -2.14. The van der Waals surface area contributed by atoms with Crippen molar-refractivity contribution in [3.63, 3.8) is 0 Å². The van der Waals surface area contributed by atoms with Crippen LogP contribution in [0.25, 0.3) is 10.9 Å². The van der Waals surface area contributed by atoms with Gasteiger partial charge in [0.1, 0.15) is 5.52 Å². The summed E-state index contributed by atoms with van der Waals surface area (Å²) in [5, 5.41) is 4.79. The molecular weight excluding hydrogens is 430 g/mol. The van der Waals surface area contributed by atoms with Crippen LogP contribution in [0.5, 0.6) is 5.75 Å². The summed E-state index contributed by atoms with van der Waals surface area (Å²) in [6.07, 6.45) is 0. The molecule has 8 heteroatoms. The monoisotopic (exact) mass is 442 g/mol. The molecule has 0 radical (unpaired) electrons. The average Bonchev–Trinajstić information content (AvgIpc) is 2.61. The first-order valence-electron chi connectivity index (χ1n) is 7.90. The molecule has 0 aliphatic rings. The fraction of sp³-hybridized carbons (Fsp3) is 0.158. The molecule has 0 aliphatic carbocycles. The van der Waals surface area contributed by atoms with Gasteiger partial charge in [0, 0.05) is 11.1 Å². The van der Waals surface area contributed by atoms with Gasteiger partial charge in [0.05, 0.1) is 25.8 Å². The normalized spacial score (nSPS) is 10.9. The number of hydrogen-bond donors (Lipinski definition) is 1. The number of nitrogens with one attached hydrogen (secondary N) is 1. The van der Waals surface area contributed by atoms with Crippen molar-refractivity contribution in [3.05, 3.63) is 61.7 Å². The zero-order chi connectivity index (χ0) is 19.7. The number of aryl methyl sites for hydroxylation is 2. The number of ether oxygens (including phenoxy) is 1. The summed E-state index contributed by atoms with van der Waals surface area (Å²) in [7, 11) is 0. The highest BCUT2D eigenvalue weighted by Gasteiger charge is 2.16. The van der Waals surface area contributed by atoms with Gasteiger partial charge >= 0.3 is 0 Å². The minimum Gasteiger partial charge on any atom is -0.480 e. The molecule has 1 amide bonds. The Bertz CT molecular complexity index is 1050. The van der Waals surface area contributed by atoms with E-state index in [9.17, 15) is 4.79 Å². The van der Waals surface area contributed by atoms with E-state index in [-0.39, 0.29) is 17.4 Å². The van der Waals surface area contributed by atoms with Gasteiger partial charge in [0.15, 0.2) is 12.4 Å². The lowest BCUT2D eigenvalue weighted by Crippen LogP contribution is -2.21.